The van der Waals surface area contributed by atoms with Crippen LogP contribution in [-0.4, -0.2) is 40.0 Å². The molecule has 2 heterocycles. The van der Waals surface area contributed by atoms with Crippen molar-refractivity contribution >= 4 is 17.8 Å². The number of fused-ring (bicyclic) bond motifs is 1. The van der Waals surface area contributed by atoms with Gasteiger partial charge in [-0.15, -0.1) is 0 Å². The number of rotatable bonds is 6. The number of para-hydroxylation sites is 1. The van der Waals surface area contributed by atoms with Crippen LogP contribution in [0.2, 0.25) is 0 Å². The summed E-state index contributed by atoms with van der Waals surface area (Å²) in [6.45, 7) is 0.962. The minimum absolute atomic E-state index is 0.128. The number of nitro groups is 1. The number of hydrazone groups is 1. The van der Waals surface area contributed by atoms with Crippen LogP contribution in [0.5, 0.6) is 11.5 Å². The lowest BCUT2D eigenvalue weighted by Crippen LogP contribution is -2.17. The zero-order valence-corrected chi connectivity index (χ0v) is 18.3. The lowest BCUT2D eigenvalue weighted by Gasteiger charge is -2.18. The van der Waals surface area contributed by atoms with Crippen molar-refractivity contribution in [1.29, 1.82) is 0 Å². The van der Waals surface area contributed by atoms with Crippen LogP contribution in [0.3, 0.4) is 0 Å². The lowest BCUT2D eigenvalue weighted by atomic mass is 10.1. The molecule has 1 aliphatic rings. The maximum atomic E-state index is 12.5. The minimum Gasteiger partial charge on any atom is -0.486 e. The molecule has 0 saturated heterocycles. The Kier molecular flexibility index (Phi) is 5.91. The van der Waals surface area contributed by atoms with Crippen molar-refractivity contribution in [2.24, 2.45) is 5.10 Å². The van der Waals surface area contributed by atoms with Crippen molar-refractivity contribution in [3.05, 3.63) is 100 Å². The van der Waals surface area contributed by atoms with Crippen LogP contribution < -0.4 is 14.9 Å². The number of aromatic nitrogens is 2. The minimum atomic E-state index is -0.568. The molecule has 1 aliphatic heterocycles. The van der Waals surface area contributed by atoms with Gasteiger partial charge in [0.25, 0.3) is 11.6 Å². The van der Waals surface area contributed by atoms with Crippen LogP contribution in [0.25, 0.3) is 16.9 Å². The van der Waals surface area contributed by atoms with Gasteiger partial charge in [0.15, 0.2) is 11.5 Å². The highest BCUT2D eigenvalue weighted by atomic mass is 16.6. The summed E-state index contributed by atoms with van der Waals surface area (Å²) in [6.07, 6.45) is 3.28. The van der Waals surface area contributed by atoms with Crippen molar-refractivity contribution in [3.8, 4) is 28.4 Å². The standard InChI is InChI=1S/C25H19N5O5/c31-25(18-5-4-8-21(13-18)30(32)33)27-26-15-19-16-29(20-6-2-1-3-7-20)28-24(19)17-9-10-22-23(14-17)35-12-11-34-22/h1-10,13-16H,11-12H2,(H,27,31). The molecule has 1 aromatic heterocycles. The molecular weight excluding hydrogens is 450 g/mol. The number of carbonyl (C=O) groups is 1. The highest BCUT2D eigenvalue weighted by molar-refractivity contribution is 5.96. The Morgan fingerprint density at radius 1 is 1.03 bits per heavy atom. The average molecular weight is 469 g/mol. The van der Waals surface area contributed by atoms with Crippen molar-refractivity contribution in [1.82, 2.24) is 15.2 Å². The van der Waals surface area contributed by atoms with E-state index in [0.717, 1.165) is 11.3 Å². The third-order valence-electron chi connectivity index (χ3n) is 5.27. The molecular formula is C25H19N5O5. The van der Waals surface area contributed by atoms with Gasteiger partial charge in [0.05, 0.1) is 16.8 Å². The second-order valence-electron chi connectivity index (χ2n) is 7.58. The number of nitrogens with one attached hydrogen (secondary N) is 1. The molecule has 0 saturated carbocycles. The molecule has 10 nitrogen and oxygen atoms in total. The van der Waals surface area contributed by atoms with Gasteiger partial charge in [-0.05, 0) is 36.4 Å². The van der Waals surface area contributed by atoms with Crippen LogP contribution in [0.1, 0.15) is 15.9 Å². The fraction of sp³-hybridized carbons (Fsp3) is 0.0800. The molecule has 1 N–H and O–H groups in total. The van der Waals surface area contributed by atoms with Crippen LogP contribution in [0.15, 0.2) is 84.1 Å². The maximum Gasteiger partial charge on any atom is 0.271 e. The molecule has 4 aromatic rings. The topological polar surface area (TPSA) is 121 Å². The van der Waals surface area contributed by atoms with Gasteiger partial charge in [0, 0.05) is 35.0 Å². The maximum absolute atomic E-state index is 12.5. The molecule has 35 heavy (non-hydrogen) atoms. The summed E-state index contributed by atoms with van der Waals surface area (Å²) in [5, 5.41) is 19.8. The number of hydrogen-bond donors (Lipinski definition) is 1. The first kappa shape index (κ1) is 21.8. The summed E-state index contributed by atoms with van der Waals surface area (Å²) in [5.41, 5.74) is 5.28. The van der Waals surface area contributed by atoms with E-state index in [2.05, 4.69) is 10.5 Å². The van der Waals surface area contributed by atoms with Crippen molar-refractivity contribution in [3.63, 3.8) is 0 Å². The molecule has 0 unspecified atom stereocenters. The molecule has 0 aliphatic carbocycles. The normalized spacial score (nSPS) is 12.5. The number of nitro benzene ring substituents is 1. The van der Waals surface area contributed by atoms with E-state index >= 15 is 0 Å². The average Bonchev–Trinajstić information content (AvgIpc) is 3.33. The van der Waals surface area contributed by atoms with Crippen LogP contribution in [-0.2, 0) is 0 Å². The van der Waals surface area contributed by atoms with E-state index in [0.29, 0.717) is 36.0 Å². The Balaban J connectivity index is 1.45. The van der Waals surface area contributed by atoms with Gasteiger partial charge < -0.3 is 9.47 Å². The summed E-state index contributed by atoms with van der Waals surface area (Å²) >= 11 is 0. The zero-order valence-electron chi connectivity index (χ0n) is 18.3. The van der Waals surface area contributed by atoms with Crippen LogP contribution >= 0.6 is 0 Å². The molecule has 3 aromatic carbocycles. The Bertz CT molecular complexity index is 1430. The molecule has 0 bridgehead atoms. The third kappa shape index (κ3) is 4.71. The predicted molar refractivity (Wildman–Crippen MR) is 128 cm³/mol. The number of non-ortho nitro benzene ring substituents is 1. The number of benzene rings is 3. The second-order valence-corrected chi connectivity index (χ2v) is 7.58. The van der Waals surface area contributed by atoms with Crippen LogP contribution in [0.4, 0.5) is 5.69 Å². The molecule has 174 valence electrons. The van der Waals surface area contributed by atoms with Gasteiger partial charge in [-0.1, -0.05) is 24.3 Å². The SMILES string of the molecule is O=C(NN=Cc1cn(-c2ccccc2)nc1-c1ccc2c(c1)OCCO2)c1cccc([N+](=O)[O-])c1. The Hall–Kier alpha value is -4.99. The van der Waals surface area contributed by atoms with E-state index in [1.54, 1.807) is 10.9 Å². The quantitative estimate of drug-likeness (QED) is 0.259. The number of nitrogens with zero attached hydrogens (tertiary/aromatic N) is 4. The Morgan fingerprint density at radius 3 is 2.63 bits per heavy atom. The molecule has 0 fully saturated rings. The van der Waals surface area contributed by atoms with Crippen molar-refractivity contribution in [2.75, 3.05) is 13.2 Å². The van der Waals surface area contributed by atoms with Gasteiger partial charge in [-0.2, -0.15) is 10.2 Å². The first-order chi connectivity index (χ1) is 17.1. The van der Waals surface area contributed by atoms with Crippen molar-refractivity contribution < 1.29 is 19.2 Å². The summed E-state index contributed by atoms with van der Waals surface area (Å²) in [5.74, 6) is 0.730. The smallest absolute Gasteiger partial charge is 0.271 e. The number of carbonyl (C=O) groups excluding carboxylic acids is 1. The van der Waals surface area contributed by atoms with Gasteiger partial charge >= 0.3 is 0 Å². The molecule has 5 rings (SSSR count). The fourth-order valence-electron chi connectivity index (χ4n) is 3.60. The number of hydrogen-bond acceptors (Lipinski definition) is 7. The monoisotopic (exact) mass is 469 g/mol. The van der Waals surface area contributed by atoms with Gasteiger partial charge in [0.1, 0.15) is 18.9 Å². The van der Waals surface area contributed by atoms with Gasteiger partial charge in [-0.25, -0.2) is 10.1 Å². The van der Waals surface area contributed by atoms with Crippen LogP contribution in [0, 0.1) is 10.1 Å². The highest BCUT2D eigenvalue weighted by Crippen LogP contribution is 2.35. The molecule has 1 amide bonds. The Labute approximate surface area is 199 Å². The zero-order chi connectivity index (χ0) is 24.2. The van der Waals surface area contributed by atoms with E-state index in [-0.39, 0.29) is 11.3 Å². The molecule has 0 spiro atoms. The second kappa shape index (κ2) is 9.48. The van der Waals surface area contributed by atoms with Gasteiger partial charge in [0.2, 0.25) is 0 Å². The number of ether oxygens (including phenoxy) is 2. The van der Waals surface area contributed by atoms with E-state index in [9.17, 15) is 14.9 Å². The largest absolute Gasteiger partial charge is 0.486 e. The van der Waals surface area contributed by atoms with Crippen molar-refractivity contribution in [2.45, 2.75) is 0 Å². The summed E-state index contributed by atoms with van der Waals surface area (Å²) in [7, 11) is 0. The molecule has 0 radical (unpaired) electrons. The van der Waals surface area contributed by atoms with E-state index < -0.39 is 10.8 Å². The molecule has 0 atom stereocenters. The summed E-state index contributed by atoms with van der Waals surface area (Å²) in [4.78, 5) is 22.9. The predicted octanol–water partition coefficient (Wildman–Crippen LogP) is 3.98. The fourth-order valence-corrected chi connectivity index (χ4v) is 3.60. The van der Waals surface area contributed by atoms with E-state index in [1.165, 1.54) is 30.5 Å². The first-order valence-corrected chi connectivity index (χ1v) is 10.7. The lowest BCUT2D eigenvalue weighted by molar-refractivity contribution is -0.384. The third-order valence-corrected chi connectivity index (χ3v) is 5.27. The van der Waals surface area contributed by atoms with E-state index in [4.69, 9.17) is 14.6 Å². The highest BCUT2D eigenvalue weighted by Gasteiger charge is 2.17. The number of amides is 1. The first-order valence-electron chi connectivity index (χ1n) is 10.7. The van der Waals surface area contributed by atoms with E-state index in [1.807, 2.05) is 48.5 Å². The van der Waals surface area contributed by atoms with Gasteiger partial charge in [-0.3, -0.25) is 14.9 Å². The molecule has 10 heteroatoms. The summed E-state index contributed by atoms with van der Waals surface area (Å²) in [6, 6.07) is 20.6. The Morgan fingerprint density at radius 2 is 1.83 bits per heavy atom. The summed E-state index contributed by atoms with van der Waals surface area (Å²) < 4.78 is 13.0.